The first-order valence-electron chi connectivity index (χ1n) is 5.91. The van der Waals surface area contributed by atoms with Gasteiger partial charge in [-0.15, -0.1) is 0 Å². The van der Waals surface area contributed by atoms with Crippen molar-refractivity contribution in [3.8, 4) is 6.07 Å². The van der Waals surface area contributed by atoms with E-state index in [2.05, 4.69) is 21.8 Å². The number of hydrogen-bond donors (Lipinski definition) is 1. The second-order valence-electron chi connectivity index (χ2n) is 4.58. The highest BCUT2D eigenvalue weighted by Crippen LogP contribution is 2.25. The number of rotatable bonds is 2. The van der Waals surface area contributed by atoms with Crippen molar-refractivity contribution in [3.63, 3.8) is 0 Å². The van der Waals surface area contributed by atoms with Crippen molar-refractivity contribution in [1.82, 2.24) is 9.97 Å². The summed E-state index contributed by atoms with van der Waals surface area (Å²) in [5, 5.41) is 8.67. The molecule has 5 heteroatoms. The Labute approximate surface area is 101 Å². The molecular weight excluding hydrogens is 214 g/mol. The first-order valence-corrected chi connectivity index (χ1v) is 5.91. The van der Waals surface area contributed by atoms with Crippen molar-refractivity contribution in [3.05, 3.63) is 18.1 Å². The molecule has 0 bridgehead atoms. The van der Waals surface area contributed by atoms with E-state index in [-0.39, 0.29) is 0 Å². The van der Waals surface area contributed by atoms with Crippen LogP contribution in [0.4, 0.5) is 5.82 Å². The molecule has 2 rings (SSSR count). The highest BCUT2D eigenvalue weighted by atomic mass is 15.2. The number of nitrogens with two attached hydrogens (primary N) is 1. The van der Waals surface area contributed by atoms with Gasteiger partial charge in [-0.05, 0) is 24.8 Å². The van der Waals surface area contributed by atoms with Crippen molar-refractivity contribution >= 4 is 5.82 Å². The van der Waals surface area contributed by atoms with Crippen LogP contribution < -0.4 is 10.6 Å². The number of piperidine rings is 1. The predicted molar refractivity (Wildman–Crippen MR) is 65.3 cm³/mol. The van der Waals surface area contributed by atoms with Gasteiger partial charge in [-0.1, -0.05) is 6.92 Å². The van der Waals surface area contributed by atoms with E-state index in [0.717, 1.165) is 25.3 Å². The Bertz CT molecular complexity index is 408. The zero-order valence-corrected chi connectivity index (χ0v) is 10.0. The Morgan fingerprint density at radius 3 is 2.94 bits per heavy atom. The van der Waals surface area contributed by atoms with Crippen LogP contribution in [0.3, 0.4) is 0 Å². The fourth-order valence-electron chi connectivity index (χ4n) is 2.21. The van der Waals surface area contributed by atoms with Crippen LogP contribution in [-0.4, -0.2) is 29.6 Å². The van der Waals surface area contributed by atoms with E-state index in [1.165, 1.54) is 6.20 Å². The maximum atomic E-state index is 8.67. The van der Waals surface area contributed by atoms with Crippen LogP contribution in [0.1, 0.15) is 19.0 Å². The molecule has 0 radical (unpaired) electrons. The van der Waals surface area contributed by atoms with E-state index in [4.69, 9.17) is 11.0 Å². The van der Waals surface area contributed by atoms with Gasteiger partial charge in [-0.25, -0.2) is 9.97 Å². The topological polar surface area (TPSA) is 78.8 Å². The van der Waals surface area contributed by atoms with Crippen molar-refractivity contribution in [2.24, 2.45) is 17.6 Å². The summed E-state index contributed by atoms with van der Waals surface area (Å²) in [5.41, 5.74) is 6.13. The smallest absolute Gasteiger partial charge is 0.158 e. The number of nitrogens with zero attached hydrogens (tertiary/aromatic N) is 4. The monoisotopic (exact) mass is 231 g/mol. The SMILES string of the molecule is CC1CCN(c2cnc(C#N)cn2)CC1CN. The molecule has 2 N–H and O–H groups in total. The minimum Gasteiger partial charge on any atom is -0.355 e. The molecule has 1 aliphatic rings. The lowest BCUT2D eigenvalue weighted by Crippen LogP contribution is -2.43. The van der Waals surface area contributed by atoms with E-state index in [1.807, 2.05) is 6.07 Å². The lowest BCUT2D eigenvalue weighted by atomic mass is 9.87. The summed E-state index contributed by atoms with van der Waals surface area (Å²) in [6.07, 6.45) is 4.32. The van der Waals surface area contributed by atoms with E-state index < -0.39 is 0 Å². The van der Waals surface area contributed by atoms with Gasteiger partial charge in [-0.3, -0.25) is 0 Å². The molecular formula is C12H17N5. The molecule has 0 amide bonds. The molecule has 0 saturated carbocycles. The van der Waals surface area contributed by atoms with Gasteiger partial charge in [0.2, 0.25) is 0 Å². The second-order valence-corrected chi connectivity index (χ2v) is 4.58. The number of nitriles is 1. The molecule has 1 aromatic rings. The van der Waals surface area contributed by atoms with Crippen molar-refractivity contribution in [2.45, 2.75) is 13.3 Å². The third-order valence-corrected chi connectivity index (χ3v) is 3.49. The molecule has 0 spiro atoms. The summed E-state index contributed by atoms with van der Waals surface area (Å²) < 4.78 is 0. The maximum Gasteiger partial charge on any atom is 0.158 e. The van der Waals surface area contributed by atoms with Gasteiger partial charge in [0.05, 0.1) is 12.4 Å². The summed E-state index contributed by atoms with van der Waals surface area (Å²) in [7, 11) is 0. The van der Waals surface area contributed by atoms with Crippen LogP contribution in [0.25, 0.3) is 0 Å². The average Bonchev–Trinajstić information content (AvgIpc) is 2.39. The third kappa shape index (κ3) is 2.53. The number of hydrogen-bond acceptors (Lipinski definition) is 5. The number of anilines is 1. The predicted octanol–water partition coefficient (Wildman–Crippen LogP) is 0.769. The van der Waals surface area contributed by atoms with E-state index in [9.17, 15) is 0 Å². The zero-order valence-electron chi connectivity index (χ0n) is 10.0. The van der Waals surface area contributed by atoms with Crippen molar-refractivity contribution in [2.75, 3.05) is 24.5 Å². The molecule has 2 unspecified atom stereocenters. The van der Waals surface area contributed by atoms with Gasteiger partial charge in [-0.2, -0.15) is 5.26 Å². The lowest BCUT2D eigenvalue weighted by molar-refractivity contribution is 0.306. The third-order valence-electron chi connectivity index (χ3n) is 3.49. The number of aromatic nitrogens is 2. The van der Waals surface area contributed by atoms with E-state index >= 15 is 0 Å². The van der Waals surface area contributed by atoms with Crippen LogP contribution in [0.2, 0.25) is 0 Å². The summed E-state index contributed by atoms with van der Waals surface area (Å²) in [4.78, 5) is 10.5. The van der Waals surface area contributed by atoms with Crippen LogP contribution >= 0.6 is 0 Å². The fourth-order valence-corrected chi connectivity index (χ4v) is 2.21. The van der Waals surface area contributed by atoms with Gasteiger partial charge in [0.25, 0.3) is 0 Å². The molecule has 1 aliphatic heterocycles. The van der Waals surface area contributed by atoms with Gasteiger partial charge in [0.1, 0.15) is 11.9 Å². The van der Waals surface area contributed by atoms with Gasteiger partial charge in [0, 0.05) is 13.1 Å². The Balaban J connectivity index is 2.09. The standard InChI is InChI=1S/C12H17N5/c1-9-2-3-17(8-10(9)4-13)12-7-15-11(5-14)6-16-12/h6-7,9-10H,2-4,8,13H2,1H3. The molecule has 1 saturated heterocycles. The summed E-state index contributed by atoms with van der Waals surface area (Å²) in [6, 6.07) is 1.97. The van der Waals surface area contributed by atoms with Gasteiger partial charge < -0.3 is 10.6 Å². The lowest BCUT2D eigenvalue weighted by Gasteiger charge is -2.37. The largest absolute Gasteiger partial charge is 0.355 e. The highest BCUT2D eigenvalue weighted by molar-refractivity contribution is 5.37. The normalized spacial score (nSPS) is 24.4. The minimum atomic E-state index is 0.356. The second kappa shape index (κ2) is 5.11. The van der Waals surface area contributed by atoms with Crippen LogP contribution in [0, 0.1) is 23.2 Å². The van der Waals surface area contributed by atoms with E-state index in [0.29, 0.717) is 24.1 Å². The molecule has 2 heterocycles. The Morgan fingerprint density at radius 1 is 1.53 bits per heavy atom. The zero-order chi connectivity index (χ0) is 12.3. The summed E-state index contributed by atoms with van der Waals surface area (Å²) in [6.45, 7) is 4.87. The van der Waals surface area contributed by atoms with E-state index in [1.54, 1.807) is 6.20 Å². The van der Waals surface area contributed by atoms with Crippen LogP contribution in [0.5, 0.6) is 0 Å². The molecule has 90 valence electrons. The molecule has 0 aromatic carbocycles. The summed E-state index contributed by atoms with van der Waals surface area (Å²) in [5.74, 6) is 2.03. The molecule has 17 heavy (non-hydrogen) atoms. The van der Waals surface area contributed by atoms with Crippen molar-refractivity contribution < 1.29 is 0 Å². The highest BCUT2D eigenvalue weighted by Gasteiger charge is 2.25. The molecule has 2 atom stereocenters. The van der Waals surface area contributed by atoms with Crippen molar-refractivity contribution in [1.29, 1.82) is 5.26 Å². The first-order chi connectivity index (χ1) is 8.24. The quantitative estimate of drug-likeness (QED) is 0.813. The fraction of sp³-hybridized carbons (Fsp3) is 0.583. The molecule has 1 fully saturated rings. The van der Waals surface area contributed by atoms with Gasteiger partial charge in [0.15, 0.2) is 5.69 Å². The molecule has 5 nitrogen and oxygen atoms in total. The first kappa shape index (κ1) is 11.8. The minimum absolute atomic E-state index is 0.356. The molecule has 1 aromatic heterocycles. The summed E-state index contributed by atoms with van der Waals surface area (Å²) >= 11 is 0. The van der Waals surface area contributed by atoms with Crippen LogP contribution in [0.15, 0.2) is 12.4 Å². The van der Waals surface area contributed by atoms with Crippen LogP contribution in [-0.2, 0) is 0 Å². The maximum absolute atomic E-state index is 8.67. The molecule has 0 aliphatic carbocycles. The van der Waals surface area contributed by atoms with Gasteiger partial charge >= 0.3 is 0 Å². The Kier molecular flexibility index (Phi) is 3.55. The Hall–Kier alpha value is -1.67. The average molecular weight is 231 g/mol. The Morgan fingerprint density at radius 2 is 2.35 bits per heavy atom.